The number of oxime groups is 1. The maximum Gasteiger partial charge on any atom is 0.425 e. The monoisotopic (exact) mass is 355 g/mol. The van der Waals surface area contributed by atoms with Crippen molar-refractivity contribution >= 4 is 30.5 Å². The van der Waals surface area contributed by atoms with Gasteiger partial charge in [-0.3, -0.25) is 4.21 Å². The minimum Gasteiger partial charge on any atom is -0.386 e. The lowest BCUT2D eigenvalue weighted by atomic mass is 10.0. The van der Waals surface area contributed by atoms with Crippen molar-refractivity contribution in [3.8, 4) is 0 Å². The van der Waals surface area contributed by atoms with E-state index in [0.29, 0.717) is 16.2 Å². The fourth-order valence-corrected chi connectivity index (χ4v) is 2.81. The number of benzene rings is 1. The molecule has 0 bridgehead atoms. The van der Waals surface area contributed by atoms with Gasteiger partial charge in [0.05, 0.1) is 17.0 Å². The van der Waals surface area contributed by atoms with Crippen molar-refractivity contribution in [3.63, 3.8) is 0 Å². The molecule has 1 unspecified atom stereocenters. The molecule has 0 spiro atoms. The first-order chi connectivity index (χ1) is 9.74. The van der Waals surface area contributed by atoms with Gasteiger partial charge in [0, 0.05) is 10.6 Å². The van der Waals surface area contributed by atoms with Crippen molar-refractivity contribution in [2.24, 2.45) is 5.16 Å². The molecule has 0 aliphatic heterocycles. The molecule has 1 aromatic carbocycles. The fraction of sp³-hybridized carbons (Fsp3) is 0.500. The Hall–Kier alpha value is -1.02. The zero-order valence-electron chi connectivity index (χ0n) is 12.6. The molecule has 0 radical (unpaired) electrons. The Morgan fingerprint density at radius 1 is 1.36 bits per heavy atom. The molecule has 0 aromatic heterocycles. The second kappa shape index (κ2) is 9.19. The largest absolute Gasteiger partial charge is 0.425 e. The fourth-order valence-electron chi connectivity index (χ4n) is 1.67. The molecule has 8 heteroatoms. The Labute approximate surface area is 137 Å². The first-order valence-electron chi connectivity index (χ1n) is 6.49. The highest BCUT2D eigenvalue weighted by Gasteiger charge is 2.28. The van der Waals surface area contributed by atoms with Crippen molar-refractivity contribution in [2.45, 2.75) is 37.8 Å². The van der Waals surface area contributed by atoms with Gasteiger partial charge < -0.3 is 4.84 Å². The lowest BCUT2D eigenvalue weighted by Gasteiger charge is -2.12. The third-order valence-electron chi connectivity index (χ3n) is 2.67. The summed E-state index contributed by atoms with van der Waals surface area (Å²) >= 11 is 0. The molecule has 22 heavy (non-hydrogen) atoms. The molecule has 126 valence electrons. The molecule has 3 nitrogen and oxygen atoms in total. The van der Waals surface area contributed by atoms with Crippen LogP contribution in [0.4, 0.5) is 13.2 Å². The van der Waals surface area contributed by atoms with Crippen LogP contribution < -0.4 is 0 Å². The van der Waals surface area contributed by atoms with Crippen molar-refractivity contribution in [2.75, 3.05) is 12.4 Å². The lowest BCUT2D eigenvalue weighted by Crippen LogP contribution is -2.14. The lowest BCUT2D eigenvalue weighted by molar-refractivity contribution is -0.173. The van der Waals surface area contributed by atoms with Crippen LogP contribution in [0.5, 0.6) is 0 Å². The Bertz CT molecular complexity index is 531. The van der Waals surface area contributed by atoms with Gasteiger partial charge in [-0.2, -0.15) is 26.7 Å². The molecule has 0 saturated heterocycles. The molecule has 0 heterocycles. The number of halogens is 3. The molecule has 0 fully saturated rings. The molecular weight excluding hydrogens is 335 g/mol. The van der Waals surface area contributed by atoms with E-state index in [9.17, 15) is 17.4 Å². The van der Waals surface area contributed by atoms with Crippen LogP contribution in [-0.4, -0.2) is 29.0 Å². The molecule has 1 atom stereocenters. The van der Waals surface area contributed by atoms with Crippen LogP contribution in [0, 0.1) is 0 Å². The first-order valence-corrected chi connectivity index (χ1v) is 7.81. The third-order valence-corrected chi connectivity index (χ3v) is 4.04. The quantitative estimate of drug-likeness (QED) is 0.572. The minimum absolute atomic E-state index is 0. The highest BCUT2D eigenvalue weighted by atomic mass is 32.2. The van der Waals surface area contributed by atoms with E-state index in [2.05, 4.69) is 9.99 Å². The number of hydrogen-bond acceptors (Lipinski definition) is 3. The predicted octanol–water partition coefficient (Wildman–Crippen LogP) is 3.96. The Morgan fingerprint density at radius 2 is 2.00 bits per heavy atom. The van der Waals surface area contributed by atoms with E-state index in [1.165, 1.54) is 6.21 Å². The van der Waals surface area contributed by atoms with Gasteiger partial charge in [0.25, 0.3) is 0 Å². The van der Waals surface area contributed by atoms with Gasteiger partial charge in [0.15, 0.2) is 0 Å². The maximum absolute atomic E-state index is 12.0. The van der Waals surface area contributed by atoms with Crippen LogP contribution >= 0.6 is 13.5 Å². The summed E-state index contributed by atoms with van der Waals surface area (Å²) in [5.41, 5.74) is 1.52. The molecule has 0 N–H and O–H groups in total. The summed E-state index contributed by atoms with van der Waals surface area (Å²) in [5, 5.41) is 3.28. The van der Waals surface area contributed by atoms with Gasteiger partial charge in [0.1, 0.15) is 0 Å². The van der Waals surface area contributed by atoms with E-state index in [4.69, 9.17) is 0 Å². The van der Waals surface area contributed by atoms with Crippen LogP contribution in [0.15, 0.2) is 28.3 Å². The predicted molar refractivity (Wildman–Crippen MR) is 87.5 cm³/mol. The van der Waals surface area contributed by atoms with Crippen LogP contribution in [-0.2, 0) is 15.6 Å². The molecular formula is C14H20F3NO2S2. The zero-order valence-corrected chi connectivity index (χ0v) is 14.4. The van der Waals surface area contributed by atoms with Gasteiger partial charge in [0.2, 0.25) is 6.61 Å². The van der Waals surface area contributed by atoms with Crippen LogP contribution in [0.1, 0.15) is 37.8 Å². The summed E-state index contributed by atoms with van der Waals surface area (Å²) in [4.78, 5) is 4.86. The van der Waals surface area contributed by atoms with Crippen LogP contribution in [0.3, 0.4) is 0 Å². The van der Waals surface area contributed by atoms with Gasteiger partial charge in [-0.25, -0.2) is 0 Å². The highest BCUT2D eigenvalue weighted by molar-refractivity contribution is 7.85. The normalized spacial score (nSPS) is 13.2. The summed E-state index contributed by atoms with van der Waals surface area (Å²) in [7, 11) is -1.14. The second-order valence-corrected chi connectivity index (χ2v) is 6.42. The van der Waals surface area contributed by atoms with Crippen LogP contribution in [0.25, 0.3) is 0 Å². The van der Waals surface area contributed by atoms with E-state index < -0.39 is 23.6 Å². The number of rotatable bonds is 6. The van der Waals surface area contributed by atoms with Crippen LogP contribution in [0.2, 0.25) is 0 Å². The Balaban J connectivity index is 0.00000441. The zero-order chi connectivity index (χ0) is 16.0. The summed E-state index contributed by atoms with van der Waals surface area (Å²) < 4.78 is 47.7. The van der Waals surface area contributed by atoms with Crippen molar-refractivity contribution in [3.05, 3.63) is 29.3 Å². The standard InChI is InChI=1S/C14H18F3NO2S.H2S/c1-4-21(19)13-7-11(5-6-12(13)10(2)3)8-18-20-9-14(15,16)17;/h5-8,10H,4,9H2,1-3H3;1H2/b18-8+;. The Kier molecular flexibility index (Phi) is 8.77. The van der Waals surface area contributed by atoms with Gasteiger partial charge in [-0.05, 0) is 23.1 Å². The highest BCUT2D eigenvalue weighted by Crippen LogP contribution is 2.23. The van der Waals surface area contributed by atoms with E-state index >= 15 is 0 Å². The first kappa shape index (κ1) is 21.0. The topological polar surface area (TPSA) is 38.7 Å². The number of nitrogens with zero attached hydrogens (tertiary/aromatic N) is 1. The summed E-state index contributed by atoms with van der Waals surface area (Å²) in [6, 6.07) is 5.21. The summed E-state index contributed by atoms with van der Waals surface area (Å²) in [6.07, 6.45) is -3.22. The Morgan fingerprint density at radius 3 is 2.50 bits per heavy atom. The summed E-state index contributed by atoms with van der Waals surface area (Å²) in [5.74, 6) is 0.688. The number of hydrogen-bond donors (Lipinski definition) is 0. The van der Waals surface area contributed by atoms with Crippen molar-refractivity contribution < 1.29 is 22.2 Å². The minimum atomic E-state index is -4.41. The molecule has 0 amide bonds. The van der Waals surface area contributed by atoms with E-state index in [0.717, 1.165) is 5.56 Å². The molecule has 0 aliphatic carbocycles. The maximum atomic E-state index is 12.0. The van der Waals surface area contributed by atoms with Crippen molar-refractivity contribution in [1.82, 2.24) is 0 Å². The average Bonchev–Trinajstić information content (AvgIpc) is 2.41. The van der Waals surface area contributed by atoms with Gasteiger partial charge >= 0.3 is 6.18 Å². The smallest absolute Gasteiger partial charge is 0.386 e. The molecule has 1 aromatic rings. The van der Waals surface area contributed by atoms with E-state index in [1.807, 2.05) is 26.8 Å². The number of alkyl halides is 3. The van der Waals surface area contributed by atoms with E-state index in [1.54, 1.807) is 12.1 Å². The summed E-state index contributed by atoms with van der Waals surface area (Å²) in [6.45, 7) is 4.37. The van der Waals surface area contributed by atoms with E-state index in [-0.39, 0.29) is 19.4 Å². The average molecular weight is 355 g/mol. The van der Waals surface area contributed by atoms with Gasteiger partial charge in [-0.15, -0.1) is 0 Å². The molecule has 0 saturated carbocycles. The molecule has 0 aliphatic rings. The second-order valence-electron chi connectivity index (χ2n) is 4.71. The third kappa shape index (κ3) is 6.83. The van der Waals surface area contributed by atoms with Gasteiger partial charge in [-0.1, -0.05) is 38.1 Å². The van der Waals surface area contributed by atoms with Crippen molar-refractivity contribution in [1.29, 1.82) is 0 Å². The molecule has 1 rings (SSSR count). The SMILES string of the molecule is CCS(=O)c1cc(/C=N/OCC(F)(F)F)ccc1C(C)C.S.